The number of benzene rings is 2. The molecule has 1 unspecified atom stereocenters. The number of carbonyl (C=O) groups excluding carboxylic acids is 1. The summed E-state index contributed by atoms with van der Waals surface area (Å²) in [4.78, 5) is 17.1. The van der Waals surface area contributed by atoms with Crippen LogP contribution in [0.3, 0.4) is 0 Å². The van der Waals surface area contributed by atoms with Gasteiger partial charge in [-0.2, -0.15) is 0 Å². The highest BCUT2D eigenvalue weighted by Gasteiger charge is 2.19. The minimum Gasteiger partial charge on any atom is -0.508 e. The van der Waals surface area contributed by atoms with E-state index in [9.17, 15) is 14.3 Å². The van der Waals surface area contributed by atoms with E-state index in [0.717, 1.165) is 18.4 Å². The average Bonchev–Trinajstić information content (AvgIpc) is 3.21. The van der Waals surface area contributed by atoms with Crippen LogP contribution in [0, 0.1) is 12.7 Å². The molecule has 2 N–H and O–H groups in total. The van der Waals surface area contributed by atoms with Crippen LogP contribution >= 0.6 is 0 Å². The van der Waals surface area contributed by atoms with Gasteiger partial charge in [0.05, 0.1) is 6.10 Å². The molecule has 1 aromatic heterocycles. The van der Waals surface area contributed by atoms with E-state index >= 15 is 0 Å². The minimum atomic E-state index is -0.512. The monoisotopic (exact) mass is 396 g/mol. The van der Waals surface area contributed by atoms with Crippen molar-refractivity contribution in [1.82, 2.24) is 5.32 Å². The third-order valence-corrected chi connectivity index (χ3v) is 4.82. The number of hydrogen-bond donors (Lipinski definition) is 2. The summed E-state index contributed by atoms with van der Waals surface area (Å²) in [6.45, 7) is 2.85. The molecule has 2 heterocycles. The Labute approximate surface area is 166 Å². The van der Waals surface area contributed by atoms with Crippen LogP contribution in [0.1, 0.15) is 28.8 Å². The highest BCUT2D eigenvalue weighted by molar-refractivity contribution is 5.96. The SMILES string of the molecule is Cc1ccc(N=c2oc3cc(O)ccc3cc2C(=O)NCC2CCCO2)c(F)c1. The van der Waals surface area contributed by atoms with Crippen molar-refractivity contribution in [2.45, 2.75) is 25.9 Å². The maximum Gasteiger partial charge on any atom is 0.256 e. The van der Waals surface area contributed by atoms with E-state index in [0.29, 0.717) is 24.1 Å². The van der Waals surface area contributed by atoms with Crippen molar-refractivity contribution < 1.29 is 23.4 Å². The number of phenolic OH excluding ortho intramolecular Hbond substituents is 1. The number of amides is 1. The molecular formula is C22H21FN2O4. The van der Waals surface area contributed by atoms with Gasteiger partial charge in [-0.05, 0) is 55.7 Å². The molecule has 0 aliphatic carbocycles. The second-order valence-electron chi connectivity index (χ2n) is 7.10. The minimum absolute atomic E-state index is 0.0109. The molecule has 1 atom stereocenters. The molecule has 7 heteroatoms. The van der Waals surface area contributed by atoms with E-state index in [-0.39, 0.29) is 34.6 Å². The van der Waals surface area contributed by atoms with Crippen LogP contribution in [0.5, 0.6) is 5.75 Å². The number of nitrogens with zero attached hydrogens (tertiary/aromatic N) is 1. The van der Waals surface area contributed by atoms with Gasteiger partial charge < -0.3 is 19.6 Å². The normalized spacial score (nSPS) is 17.0. The molecule has 1 amide bonds. The van der Waals surface area contributed by atoms with Crippen molar-refractivity contribution in [2.75, 3.05) is 13.2 Å². The van der Waals surface area contributed by atoms with E-state index in [4.69, 9.17) is 9.15 Å². The number of ether oxygens (including phenoxy) is 1. The zero-order chi connectivity index (χ0) is 20.4. The van der Waals surface area contributed by atoms with Crippen LogP contribution in [-0.2, 0) is 4.74 Å². The zero-order valence-corrected chi connectivity index (χ0v) is 15.9. The first-order valence-electron chi connectivity index (χ1n) is 9.47. The topological polar surface area (TPSA) is 84.1 Å². The molecule has 3 aromatic rings. The lowest BCUT2D eigenvalue weighted by Crippen LogP contribution is -2.34. The summed E-state index contributed by atoms with van der Waals surface area (Å²) in [5.74, 6) is -0.878. The molecule has 4 rings (SSSR count). The van der Waals surface area contributed by atoms with Crippen LogP contribution in [0.15, 0.2) is 51.9 Å². The van der Waals surface area contributed by atoms with Crippen LogP contribution < -0.4 is 10.9 Å². The number of phenols is 1. The predicted octanol–water partition coefficient (Wildman–Crippen LogP) is 3.73. The number of hydrogen-bond acceptors (Lipinski definition) is 5. The fraction of sp³-hybridized carbons (Fsp3) is 0.273. The van der Waals surface area contributed by atoms with E-state index < -0.39 is 5.82 Å². The molecule has 0 spiro atoms. The number of carbonyl (C=O) groups is 1. The summed E-state index contributed by atoms with van der Waals surface area (Å²) >= 11 is 0. The van der Waals surface area contributed by atoms with Gasteiger partial charge in [-0.3, -0.25) is 4.79 Å². The number of rotatable bonds is 4. The molecule has 2 aromatic carbocycles. The lowest BCUT2D eigenvalue weighted by Gasteiger charge is -2.11. The number of nitrogens with one attached hydrogen (secondary N) is 1. The van der Waals surface area contributed by atoms with Gasteiger partial charge >= 0.3 is 0 Å². The Kier molecular flexibility index (Phi) is 5.31. The smallest absolute Gasteiger partial charge is 0.256 e. The average molecular weight is 396 g/mol. The lowest BCUT2D eigenvalue weighted by atomic mass is 10.1. The maximum absolute atomic E-state index is 14.3. The summed E-state index contributed by atoms with van der Waals surface area (Å²) in [6, 6.07) is 10.8. The van der Waals surface area contributed by atoms with Gasteiger partial charge in [-0.25, -0.2) is 9.38 Å². The molecule has 0 bridgehead atoms. The van der Waals surface area contributed by atoms with Gasteiger partial charge in [0.15, 0.2) is 0 Å². The van der Waals surface area contributed by atoms with Gasteiger partial charge in [0.2, 0.25) is 5.55 Å². The molecule has 150 valence electrons. The number of aromatic hydroxyl groups is 1. The van der Waals surface area contributed by atoms with Crippen LogP contribution in [0.2, 0.25) is 0 Å². The van der Waals surface area contributed by atoms with Crippen molar-refractivity contribution >= 4 is 22.6 Å². The third kappa shape index (κ3) is 4.30. The fourth-order valence-corrected chi connectivity index (χ4v) is 3.27. The van der Waals surface area contributed by atoms with Gasteiger partial charge in [0.25, 0.3) is 5.91 Å². The molecule has 0 radical (unpaired) electrons. The summed E-state index contributed by atoms with van der Waals surface area (Å²) < 4.78 is 25.6. The standard InChI is InChI=1S/C22H21FN2O4/c1-13-4-7-19(18(23)9-13)25-22-17(21(27)24-12-16-3-2-8-28-16)10-14-5-6-15(26)11-20(14)29-22/h4-7,9-11,16,26H,2-3,8,12H2,1H3,(H,24,27). The van der Waals surface area contributed by atoms with Crippen LogP contribution in [-0.4, -0.2) is 30.3 Å². The molecule has 1 saturated heterocycles. The van der Waals surface area contributed by atoms with Gasteiger partial charge in [0, 0.05) is 24.6 Å². The molecule has 29 heavy (non-hydrogen) atoms. The summed E-state index contributed by atoms with van der Waals surface area (Å²) in [5, 5.41) is 13.2. The first kappa shape index (κ1) is 19.1. The Morgan fingerprint density at radius 1 is 1.28 bits per heavy atom. The van der Waals surface area contributed by atoms with Crippen molar-refractivity contribution in [3.63, 3.8) is 0 Å². The zero-order valence-electron chi connectivity index (χ0n) is 15.9. The van der Waals surface area contributed by atoms with E-state index in [1.165, 1.54) is 24.3 Å². The number of fused-ring (bicyclic) bond motifs is 1. The van der Waals surface area contributed by atoms with Gasteiger partial charge in [-0.1, -0.05) is 6.07 Å². The fourth-order valence-electron chi connectivity index (χ4n) is 3.27. The van der Waals surface area contributed by atoms with Crippen molar-refractivity contribution in [3.05, 3.63) is 65.0 Å². The highest BCUT2D eigenvalue weighted by atomic mass is 19.1. The Morgan fingerprint density at radius 2 is 2.14 bits per heavy atom. The van der Waals surface area contributed by atoms with Crippen molar-refractivity contribution in [2.24, 2.45) is 4.99 Å². The Bertz CT molecular complexity index is 1130. The highest BCUT2D eigenvalue weighted by Crippen LogP contribution is 2.21. The number of aryl methyl sites for hydroxylation is 1. The first-order chi connectivity index (χ1) is 14.0. The molecule has 6 nitrogen and oxygen atoms in total. The Balaban J connectivity index is 1.78. The van der Waals surface area contributed by atoms with Crippen LogP contribution in [0.25, 0.3) is 11.0 Å². The molecule has 0 saturated carbocycles. The molecular weight excluding hydrogens is 375 g/mol. The molecule has 1 aliphatic heterocycles. The van der Waals surface area contributed by atoms with Crippen molar-refractivity contribution in [3.8, 4) is 5.75 Å². The molecule has 1 fully saturated rings. The molecule has 1 aliphatic rings. The lowest BCUT2D eigenvalue weighted by molar-refractivity contribution is 0.0854. The second-order valence-corrected chi connectivity index (χ2v) is 7.10. The van der Waals surface area contributed by atoms with E-state index in [1.54, 1.807) is 25.1 Å². The second kappa shape index (κ2) is 8.05. The summed E-state index contributed by atoms with van der Waals surface area (Å²) in [5.41, 5.74) is 1.31. The predicted molar refractivity (Wildman–Crippen MR) is 106 cm³/mol. The number of halogens is 1. The quantitative estimate of drug-likeness (QED) is 0.704. The van der Waals surface area contributed by atoms with Gasteiger partial charge in [-0.15, -0.1) is 0 Å². The largest absolute Gasteiger partial charge is 0.508 e. The van der Waals surface area contributed by atoms with Crippen LogP contribution in [0.4, 0.5) is 10.1 Å². The summed E-state index contributed by atoms with van der Waals surface area (Å²) in [6.07, 6.45) is 1.86. The third-order valence-electron chi connectivity index (χ3n) is 4.82. The van der Waals surface area contributed by atoms with Gasteiger partial charge in [0.1, 0.15) is 28.4 Å². The van der Waals surface area contributed by atoms with E-state index in [2.05, 4.69) is 10.3 Å². The maximum atomic E-state index is 14.3. The van der Waals surface area contributed by atoms with E-state index in [1.807, 2.05) is 0 Å². The Morgan fingerprint density at radius 3 is 2.90 bits per heavy atom. The summed E-state index contributed by atoms with van der Waals surface area (Å²) in [7, 11) is 0. The first-order valence-corrected chi connectivity index (χ1v) is 9.47. The Hall–Kier alpha value is -3.19. The van der Waals surface area contributed by atoms with Crippen molar-refractivity contribution in [1.29, 1.82) is 0 Å².